The predicted octanol–water partition coefficient (Wildman–Crippen LogP) is 1.61. The van der Waals surface area contributed by atoms with Gasteiger partial charge in [-0.2, -0.15) is 0 Å². The van der Waals surface area contributed by atoms with E-state index in [0.29, 0.717) is 17.8 Å². The predicted molar refractivity (Wildman–Crippen MR) is 63.1 cm³/mol. The summed E-state index contributed by atoms with van der Waals surface area (Å²) >= 11 is 0. The van der Waals surface area contributed by atoms with Gasteiger partial charge >= 0.3 is 5.97 Å². The molecule has 0 amide bonds. The lowest BCUT2D eigenvalue weighted by Gasteiger charge is -2.23. The first-order valence-electron chi connectivity index (χ1n) is 4.91. The Bertz CT molecular complexity index is 478. The van der Waals surface area contributed by atoms with E-state index in [0.717, 1.165) is 5.69 Å². The monoisotopic (exact) mass is 216 g/mol. The largest absolute Gasteiger partial charge is 0.478 e. The van der Waals surface area contributed by atoms with Crippen molar-refractivity contribution < 1.29 is 9.90 Å². The summed E-state index contributed by atoms with van der Waals surface area (Å²) in [4.78, 5) is 12.6. The lowest BCUT2D eigenvalue weighted by molar-refractivity contribution is -0.132. The minimum Gasteiger partial charge on any atom is -0.478 e. The number of benzene rings is 1. The average Bonchev–Trinajstić information content (AvgIpc) is 2.30. The summed E-state index contributed by atoms with van der Waals surface area (Å²) in [6.45, 7) is 0.520. The number of hydrogen-bond acceptors (Lipinski definition) is 3. The van der Waals surface area contributed by atoms with Crippen LogP contribution in [-0.2, 0) is 4.79 Å². The van der Waals surface area contributed by atoms with Gasteiger partial charge in [-0.3, -0.25) is 0 Å². The van der Waals surface area contributed by atoms with Gasteiger partial charge in [0.25, 0.3) is 0 Å². The number of anilines is 2. The van der Waals surface area contributed by atoms with Crippen LogP contribution in [0, 0.1) is 0 Å². The highest BCUT2D eigenvalue weighted by Gasteiger charge is 2.12. The second-order valence-electron chi connectivity index (χ2n) is 3.49. The summed E-state index contributed by atoms with van der Waals surface area (Å²) in [5, 5.41) is 8.79. The molecule has 0 fully saturated rings. The number of aliphatic carboxylic acids is 1. The molecule has 0 aliphatic carbocycles. The number of nitrogens with two attached hydrogens (primary N) is 1. The summed E-state index contributed by atoms with van der Waals surface area (Å²) in [6, 6.07) is 7.49. The Morgan fingerprint density at radius 2 is 2.12 bits per heavy atom. The quantitative estimate of drug-likeness (QED) is 0.737. The summed E-state index contributed by atoms with van der Waals surface area (Å²) < 4.78 is 0. The number of nitrogen functional groups attached to an aromatic ring is 1. The summed E-state index contributed by atoms with van der Waals surface area (Å²) in [7, 11) is 0. The van der Waals surface area contributed by atoms with Gasteiger partial charge in [0.05, 0.1) is 16.9 Å². The number of carboxylic acids is 1. The Labute approximate surface area is 93.3 Å². The van der Waals surface area contributed by atoms with Gasteiger partial charge in [0.15, 0.2) is 0 Å². The summed E-state index contributed by atoms with van der Waals surface area (Å²) in [6.07, 6.45) is 4.96. The molecule has 0 spiro atoms. The van der Waals surface area contributed by atoms with Crippen molar-refractivity contribution in [1.29, 1.82) is 0 Å². The van der Waals surface area contributed by atoms with Gasteiger partial charge in [-0.15, -0.1) is 0 Å². The first-order valence-corrected chi connectivity index (χ1v) is 4.91. The fraction of sp³-hybridized carbons (Fsp3) is 0.0833. The van der Waals surface area contributed by atoms with E-state index in [4.69, 9.17) is 10.8 Å². The fourth-order valence-corrected chi connectivity index (χ4v) is 1.58. The third kappa shape index (κ3) is 1.91. The lowest BCUT2D eigenvalue weighted by atomic mass is 10.1. The van der Waals surface area contributed by atoms with Gasteiger partial charge in [0.1, 0.15) is 0 Å². The molecule has 4 heteroatoms. The van der Waals surface area contributed by atoms with E-state index in [2.05, 4.69) is 0 Å². The van der Waals surface area contributed by atoms with Crippen LogP contribution in [0.4, 0.5) is 11.4 Å². The van der Waals surface area contributed by atoms with Crippen molar-refractivity contribution in [2.45, 2.75) is 0 Å². The van der Waals surface area contributed by atoms with Crippen molar-refractivity contribution >= 4 is 17.3 Å². The zero-order valence-electron chi connectivity index (χ0n) is 8.63. The van der Waals surface area contributed by atoms with Crippen LogP contribution in [0.15, 0.2) is 48.2 Å². The van der Waals surface area contributed by atoms with Crippen molar-refractivity contribution in [3.63, 3.8) is 0 Å². The molecule has 1 aromatic rings. The molecule has 1 aliphatic heterocycles. The maximum absolute atomic E-state index is 10.7. The molecule has 0 bridgehead atoms. The zero-order valence-corrected chi connectivity index (χ0v) is 8.63. The van der Waals surface area contributed by atoms with Crippen molar-refractivity contribution in [2.24, 2.45) is 0 Å². The highest BCUT2D eigenvalue weighted by Crippen LogP contribution is 2.24. The van der Waals surface area contributed by atoms with E-state index >= 15 is 0 Å². The maximum Gasteiger partial charge on any atom is 0.335 e. The van der Waals surface area contributed by atoms with E-state index in [1.54, 1.807) is 18.4 Å². The van der Waals surface area contributed by atoms with Gasteiger partial charge in [-0.1, -0.05) is 18.2 Å². The van der Waals surface area contributed by atoms with E-state index in [-0.39, 0.29) is 0 Å². The zero-order chi connectivity index (χ0) is 11.5. The lowest BCUT2D eigenvalue weighted by Crippen LogP contribution is -2.21. The normalized spacial score (nSPS) is 14.8. The van der Waals surface area contributed by atoms with Crippen LogP contribution in [0.25, 0.3) is 0 Å². The van der Waals surface area contributed by atoms with Crippen LogP contribution in [0.2, 0.25) is 0 Å². The van der Waals surface area contributed by atoms with Crippen LogP contribution < -0.4 is 10.6 Å². The first kappa shape index (κ1) is 10.3. The smallest absolute Gasteiger partial charge is 0.335 e. The Balaban J connectivity index is 2.21. The summed E-state index contributed by atoms with van der Waals surface area (Å²) in [5.74, 6) is -0.906. The molecule has 1 aliphatic rings. The van der Waals surface area contributed by atoms with E-state index in [1.165, 1.54) is 0 Å². The molecule has 0 aromatic heterocycles. The highest BCUT2D eigenvalue weighted by molar-refractivity contribution is 5.90. The molecule has 2 rings (SSSR count). The molecule has 3 N–H and O–H groups in total. The number of rotatable bonds is 2. The Hall–Kier alpha value is -2.23. The molecule has 1 heterocycles. The van der Waals surface area contributed by atoms with Crippen LogP contribution in [-0.4, -0.2) is 17.6 Å². The molecule has 0 saturated carbocycles. The number of nitrogens with zero attached hydrogens (tertiary/aromatic N) is 1. The Kier molecular flexibility index (Phi) is 2.64. The molecule has 0 atom stereocenters. The van der Waals surface area contributed by atoms with Gasteiger partial charge in [-0.05, 0) is 18.2 Å². The first-order chi connectivity index (χ1) is 7.68. The average molecular weight is 216 g/mol. The Morgan fingerprint density at radius 1 is 1.38 bits per heavy atom. The molecule has 4 nitrogen and oxygen atoms in total. The molecule has 16 heavy (non-hydrogen) atoms. The van der Waals surface area contributed by atoms with Gasteiger partial charge in [-0.25, -0.2) is 4.79 Å². The van der Waals surface area contributed by atoms with E-state index in [1.807, 2.05) is 29.2 Å². The fourth-order valence-electron chi connectivity index (χ4n) is 1.58. The van der Waals surface area contributed by atoms with Crippen molar-refractivity contribution in [3.05, 3.63) is 48.2 Å². The molecule has 1 aromatic carbocycles. The Morgan fingerprint density at radius 3 is 2.69 bits per heavy atom. The minimum atomic E-state index is -0.906. The van der Waals surface area contributed by atoms with Crippen molar-refractivity contribution in [3.8, 4) is 0 Å². The summed E-state index contributed by atoms with van der Waals surface area (Å²) in [5.41, 5.74) is 7.71. The van der Waals surface area contributed by atoms with Crippen LogP contribution in [0.1, 0.15) is 0 Å². The third-order valence-electron chi connectivity index (χ3n) is 2.44. The molecule has 0 unspecified atom stereocenters. The molecule has 0 saturated heterocycles. The van der Waals surface area contributed by atoms with Crippen molar-refractivity contribution in [1.82, 2.24) is 0 Å². The number of hydrogen-bond donors (Lipinski definition) is 2. The second-order valence-corrected chi connectivity index (χ2v) is 3.49. The van der Waals surface area contributed by atoms with Gasteiger partial charge in [0.2, 0.25) is 0 Å². The van der Waals surface area contributed by atoms with Crippen LogP contribution in [0.5, 0.6) is 0 Å². The van der Waals surface area contributed by atoms with Crippen LogP contribution >= 0.6 is 0 Å². The topological polar surface area (TPSA) is 66.6 Å². The SMILES string of the molecule is Nc1ccccc1N1C=CC(C(=O)O)=CC1. The standard InChI is InChI=1S/C12H12N2O2/c13-10-3-1-2-4-11(10)14-7-5-9(6-8-14)12(15)16/h1-7H,8,13H2,(H,15,16). The van der Waals surface area contributed by atoms with Crippen molar-refractivity contribution in [2.75, 3.05) is 17.2 Å². The third-order valence-corrected chi connectivity index (χ3v) is 2.44. The highest BCUT2D eigenvalue weighted by atomic mass is 16.4. The number of para-hydroxylation sites is 2. The minimum absolute atomic E-state index is 0.311. The van der Waals surface area contributed by atoms with Crippen LogP contribution in [0.3, 0.4) is 0 Å². The molecular formula is C12H12N2O2. The van der Waals surface area contributed by atoms with Gasteiger partial charge < -0.3 is 15.7 Å². The molecular weight excluding hydrogens is 204 g/mol. The second kappa shape index (κ2) is 4.10. The van der Waals surface area contributed by atoms with Gasteiger partial charge in [0, 0.05) is 12.7 Å². The number of carbonyl (C=O) groups is 1. The van der Waals surface area contributed by atoms with E-state index in [9.17, 15) is 4.79 Å². The van der Waals surface area contributed by atoms with E-state index < -0.39 is 5.97 Å². The molecule has 82 valence electrons. The number of carboxylic acid groups (broad SMARTS) is 1. The molecule has 0 radical (unpaired) electrons. The maximum atomic E-state index is 10.7.